The molecule has 1 aromatic heterocycles. The SMILES string of the molecule is CNC(=O)Cn1ccnc1CCOC. The van der Waals surface area contributed by atoms with Gasteiger partial charge in [0.1, 0.15) is 12.4 Å². The standard InChI is InChI=1S/C9H15N3O2/c1-10-9(13)7-12-5-4-11-8(12)3-6-14-2/h4-5H,3,6-7H2,1-2H3,(H,10,13). The first-order valence-corrected chi connectivity index (χ1v) is 4.47. The highest BCUT2D eigenvalue weighted by Crippen LogP contribution is 1.98. The van der Waals surface area contributed by atoms with Crippen LogP contribution in [0.2, 0.25) is 0 Å². The molecule has 0 fully saturated rings. The second-order valence-corrected chi connectivity index (χ2v) is 2.89. The predicted octanol–water partition coefficient (Wildman–Crippen LogP) is -0.182. The van der Waals surface area contributed by atoms with Crippen LogP contribution in [0.3, 0.4) is 0 Å². The Labute approximate surface area is 83.1 Å². The average Bonchev–Trinajstić information content (AvgIpc) is 2.62. The molecule has 0 bridgehead atoms. The number of nitrogens with one attached hydrogen (secondary N) is 1. The van der Waals surface area contributed by atoms with Gasteiger partial charge in [-0.1, -0.05) is 0 Å². The van der Waals surface area contributed by atoms with Crippen molar-refractivity contribution in [1.82, 2.24) is 14.9 Å². The molecule has 0 aliphatic heterocycles. The number of aromatic nitrogens is 2. The van der Waals surface area contributed by atoms with Gasteiger partial charge in [-0.3, -0.25) is 4.79 Å². The molecule has 1 N–H and O–H groups in total. The van der Waals surface area contributed by atoms with Gasteiger partial charge in [-0.05, 0) is 0 Å². The molecule has 0 aromatic carbocycles. The summed E-state index contributed by atoms with van der Waals surface area (Å²) in [7, 11) is 3.26. The van der Waals surface area contributed by atoms with Crippen LogP contribution < -0.4 is 5.32 Å². The summed E-state index contributed by atoms with van der Waals surface area (Å²) in [4.78, 5) is 15.3. The molecule has 0 aliphatic rings. The lowest BCUT2D eigenvalue weighted by Gasteiger charge is -2.05. The molecule has 0 atom stereocenters. The summed E-state index contributed by atoms with van der Waals surface area (Å²) in [6.07, 6.45) is 4.20. The van der Waals surface area contributed by atoms with Crippen LogP contribution in [0, 0.1) is 0 Å². The minimum atomic E-state index is -0.0262. The van der Waals surface area contributed by atoms with Gasteiger partial charge in [0.2, 0.25) is 5.91 Å². The van der Waals surface area contributed by atoms with E-state index in [4.69, 9.17) is 4.74 Å². The van der Waals surface area contributed by atoms with Crippen molar-refractivity contribution in [2.75, 3.05) is 20.8 Å². The van der Waals surface area contributed by atoms with Crippen LogP contribution in [0.5, 0.6) is 0 Å². The van der Waals surface area contributed by atoms with Gasteiger partial charge in [0.05, 0.1) is 6.61 Å². The highest BCUT2D eigenvalue weighted by Gasteiger charge is 2.05. The topological polar surface area (TPSA) is 56.2 Å². The Morgan fingerprint density at radius 3 is 3.14 bits per heavy atom. The van der Waals surface area contributed by atoms with E-state index in [0.717, 1.165) is 12.2 Å². The number of imidazole rings is 1. The van der Waals surface area contributed by atoms with Crippen LogP contribution >= 0.6 is 0 Å². The lowest BCUT2D eigenvalue weighted by molar-refractivity contribution is -0.121. The first-order chi connectivity index (χ1) is 6.77. The minimum Gasteiger partial charge on any atom is -0.384 e. The molecule has 5 heteroatoms. The molecule has 78 valence electrons. The molecular formula is C9H15N3O2. The maximum atomic E-state index is 11.1. The van der Waals surface area contributed by atoms with Crippen molar-refractivity contribution >= 4 is 5.91 Å². The van der Waals surface area contributed by atoms with Crippen LogP contribution in [0.25, 0.3) is 0 Å². The van der Waals surface area contributed by atoms with Crippen molar-refractivity contribution < 1.29 is 9.53 Å². The van der Waals surface area contributed by atoms with Crippen molar-refractivity contribution in [2.24, 2.45) is 0 Å². The van der Waals surface area contributed by atoms with Crippen LogP contribution in [-0.2, 0) is 22.5 Å². The van der Waals surface area contributed by atoms with Crippen LogP contribution in [0.15, 0.2) is 12.4 Å². The second-order valence-electron chi connectivity index (χ2n) is 2.89. The van der Waals surface area contributed by atoms with Crippen molar-refractivity contribution in [3.05, 3.63) is 18.2 Å². The van der Waals surface area contributed by atoms with Gasteiger partial charge < -0.3 is 14.6 Å². The van der Waals surface area contributed by atoms with Gasteiger partial charge in [0.25, 0.3) is 0 Å². The Balaban J connectivity index is 2.57. The Kier molecular flexibility index (Phi) is 4.12. The Hall–Kier alpha value is -1.36. The van der Waals surface area contributed by atoms with E-state index in [9.17, 15) is 4.79 Å². The predicted molar refractivity (Wildman–Crippen MR) is 51.9 cm³/mol. The monoisotopic (exact) mass is 197 g/mol. The lowest BCUT2D eigenvalue weighted by atomic mass is 10.4. The molecule has 0 saturated heterocycles. The van der Waals surface area contributed by atoms with Crippen molar-refractivity contribution in [2.45, 2.75) is 13.0 Å². The van der Waals surface area contributed by atoms with Gasteiger partial charge in [-0.25, -0.2) is 4.98 Å². The van der Waals surface area contributed by atoms with Crippen molar-refractivity contribution in [3.8, 4) is 0 Å². The van der Waals surface area contributed by atoms with E-state index < -0.39 is 0 Å². The average molecular weight is 197 g/mol. The van der Waals surface area contributed by atoms with E-state index in [2.05, 4.69) is 10.3 Å². The molecule has 0 saturated carbocycles. The van der Waals surface area contributed by atoms with E-state index in [0.29, 0.717) is 13.2 Å². The lowest BCUT2D eigenvalue weighted by Crippen LogP contribution is -2.24. The minimum absolute atomic E-state index is 0.0262. The summed E-state index contributed by atoms with van der Waals surface area (Å²) in [6, 6.07) is 0. The first kappa shape index (κ1) is 10.7. The Bertz CT molecular complexity index is 296. The fourth-order valence-corrected chi connectivity index (χ4v) is 1.14. The zero-order valence-corrected chi connectivity index (χ0v) is 8.49. The summed E-state index contributed by atoms with van der Waals surface area (Å²) in [6.45, 7) is 0.931. The Morgan fingerprint density at radius 2 is 2.50 bits per heavy atom. The van der Waals surface area contributed by atoms with Crippen molar-refractivity contribution in [1.29, 1.82) is 0 Å². The zero-order chi connectivity index (χ0) is 10.4. The number of hydrogen-bond acceptors (Lipinski definition) is 3. The fraction of sp³-hybridized carbons (Fsp3) is 0.556. The number of rotatable bonds is 5. The largest absolute Gasteiger partial charge is 0.384 e. The number of likely N-dealkylation sites (N-methyl/N-ethyl adjacent to an activating group) is 1. The summed E-state index contributed by atoms with van der Waals surface area (Å²) < 4.78 is 6.76. The van der Waals surface area contributed by atoms with Gasteiger partial charge in [-0.15, -0.1) is 0 Å². The molecule has 0 radical (unpaired) electrons. The molecular weight excluding hydrogens is 182 g/mol. The van der Waals surface area contributed by atoms with Crippen LogP contribution in [-0.4, -0.2) is 36.2 Å². The highest BCUT2D eigenvalue weighted by atomic mass is 16.5. The molecule has 0 aliphatic carbocycles. The van der Waals surface area contributed by atoms with Gasteiger partial charge >= 0.3 is 0 Å². The van der Waals surface area contributed by atoms with Crippen LogP contribution in [0.4, 0.5) is 0 Å². The molecule has 1 aromatic rings. The first-order valence-electron chi connectivity index (χ1n) is 4.47. The third-order valence-electron chi connectivity index (χ3n) is 1.92. The number of ether oxygens (including phenoxy) is 1. The number of carbonyl (C=O) groups is 1. The summed E-state index contributed by atoms with van der Waals surface area (Å²) in [5.41, 5.74) is 0. The maximum absolute atomic E-state index is 11.1. The Morgan fingerprint density at radius 1 is 1.71 bits per heavy atom. The molecule has 1 rings (SSSR count). The summed E-state index contributed by atoms with van der Waals surface area (Å²) in [5, 5.41) is 2.57. The molecule has 0 spiro atoms. The number of methoxy groups -OCH3 is 1. The van der Waals surface area contributed by atoms with Gasteiger partial charge in [-0.2, -0.15) is 0 Å². The number of hydrogen-bond donors (Lipinski definition) is 1. The summed E-state index contributed by atoms with van der Waals surface area (Å²) >= 11 is 0. The van der Waals surface area contributed by atoms with E-state index >= 15 is 0 Å². The normalized spacial score (nSPS) is 10.1. The molecule has 5 nitrogen and oxygen atoms in total. The van der Waals surface area contributed by atoms with Gasteiger partial charge in [0.15, 0.2) is 0 Å². The van der Waals surface area contributed by atoms with E-state index in [1.807, 2.05) is 4.57 Å². The molecule has 1 heterocycles. The second kappa shape index (κ2) is 5.39. The summed E-state index contributed by atoms with van der Waals surface area (Å²) in [5.74, 6) is 0.845. The smallest absolute Gasteiger partial charge is 0.239 e. The number of amides is 1. The highest BCUT2D eigenvalue weighted by molar-refractivity contribution is 5.75. The van der Waals surface area contributed by atoms with E-state index in [1.54, 1.807) is 26.6 Å². The molecule has 0 unspecified atom stereocenters. The fourth-order valence-electron chi connectivity index (χ4n) is 1.14. The zero-order valence-electron chi connectivity index (χ0n) is 8.49. The number of nitrogens with zero attached hydrogens (tertiary/aromatic N) is 2. The maximum Gasteiger partial charge on any atom is 0.239 e. The number of carbonyl (C=O) groups excluding carboxylic acids is 1. The molecule has 1 amide bonds. The van der Waals surface area contributed by atoms with Crippen molar-refractivity contribution in [3.63, 3.8) is 0 Å². The van der Waals surface area contributed by atoms with E-state index in [1.165, 1.54) is 0 Å². The third-order valence-corrected chi connectivity index (χ3v) is 1.92. The third kappa shape index (κ3) is 2.85. The molecule has 14 heavy (non-hydrogen) atoms. The van der Waals surface area contributed by atoms with Gasteiger partial charge in [0, 0.05) is 33.0 Å². The quantitative estimate of drug-likeness (QED) is 0.712. The van der Waals surface area contributed by atoms with Crippen LogP contribution in [0.1, 0.15) is 5.82 Å². The van der Waals surface area contributed by atoms with E-state index in [-0.39, 0.29) is 5.91 Å².